The van der Waals surface area contributed by atoms with Crippen LogP contribution in [0.15, 0.2) is 49.1 Å². The fourth-order valence-electron chi connectivity index (χ4n) is 2.62. The number of rotatable bonds is 3. The van der Waals surface area contributed by atoms with Gasteiger partial charge >= 0.3 is 6.18 Å². The molecule has 132 valence electrons. The average Bonchev–Trinajstić information content (AvgIpc) is 3.03. The van der Waals surface area contributed by atoms with Gasteiger partial charge in [-0.15, -0.1) is 5.10 Å². The monoisotopic (exact) mass is 358 g/mol. The molecule has 0 aliphatic carbocycles. The number of nitrogens with zero attached hydrogens (tertiary/aromatic N) is 5. The van der Waals surface area contributed by atoms with Crippen LogP contribution in [0.25, 0.3) is 27.7 Å². The summed E-state index contributed by atoms with van der Waals surface area (Å²) in [5.41, 5.74) is 3.96. The predicted molar refractivity (Wildman–Crippen MR) is 90.7 cm³/mol. The second-order valence-electron chi connectivity index (χ2n) is 5.81. The van der Waals surface area contributed by atoms with E-state index in [0.717, 1.165) is 29.1 Å². The summed E-state index contributed by atoms with van der Waals surface area (Å²) in [7, 11) is 0. The number of anilines is 1. The molecule has 0 aliphatic heterocycles. The minimum atomic E-state index is -4.37. The molecule has 0 bridgehead atoms. The summed E-state index contributed by atoms with van der Waals surface area (Å²) in [6.45, 7) is 1.02. The summed E-state index contributed by atoms with van der Waals surface area (Å²) < 4.78 is 39.5. The Morgan fingerprint density at radius 1 is 1.04 bits per heavy atom. The zero-order valence-corrected chi connectivity index (χ0v) is 13.6. The van der Waals surface area contributed by atoms with E-state index < -0.39 is 12.2 Å². The Balaban J connectivity index is 1.71. The predicted octanol–water partition coefficient (Wildman–Crippen LogP) is 3.70. The highest BCUT2D eigenvalue weighted by Gasteiger charge is 2.36. The lowest BCUT2D eigenvalue weighted by Gasteiger charge is -2.16. The third kappa shape index (κ3) is 2.92. The van der Waals surface area contributed by atoms with Crippen LogP contribution in [0.2, 0.25) is 0 Å². The molecule has 1 N–H and O–H groups in total. The van der Waals surface area contributed by atoms with E-state index in [1.165, 1.54) is 10.7 Å². The summed E-state index contributed by atoms with van der Waals surface area (Å²) in [5.74, 6) is -0.0890. The Kier molecular flexibility index (Phi) is 3.71. The van der Waals surface area contributed by atoms with Crippen LogP contribution in [0.3, 0.4) is 0 Å². The maximum Gasteiger partial charge on any atom is 0.408 e. The lowest BCUT2D eigenvalue weighted by atomic mass is 10.1. The van der Waals surface area contributed by atoms with E-state index in [2.05, 4.69) is 25.4 Å². The van der Waals surface area contributed by atoms with Gasteiger partial charge in [0.1, 0.15) is 6.04 Å². The first-order chi connectivity index (χ1) is 12.4. The number of benzene rings is 1. The van der Waals surface area contributed by atoms with Gasteiger partial charge in [0, 0.05) is 24.2 Å². The first-order valence-electron chi connectivity index (χ1n) is 7.80. The van der Waals surface area contributed by atoms with E-state index in [4.69, 9.17) is 0 Å². The molecule has 0 fully saturated rings. The average molecular weight is 358 g/mol. The van der Waals surface area contributed by atoms with Crippen LogP contribution >= 0.6 is 0 Å². The molecule has 0 spiro atoms. The minimum absolute atomic E-state index is 0.0890. The number of aromatic nitrogens is 5. The van der Waals surface area contributed by atoms with Gasteiger partial charge in [0.2, 0.25) is 5.95 Å². The SMILES string of the molecule is C[C@@H](Nc1ncc2c(-c3ccc4nccnc4c3)ccn2n1)C(F)(F)F. The maximum atomic E-state index is 12.7. The standard InChI is InChI=1S/C17H13F3N6/c1-10(17(18,19)20)24-16-23-9-15-12(4-7-26(15)25-16)11-2-3-13-14(8-11)22-6-5-21-13/h2-10H,1H3,(H,24,25)/t10-/m1/s1. The van der Waals surface area contributed by atoms with Crippen molar-refractivity contribution >= 4 is 22.5 Å². The van der Waals surface area contributed by atoms with E-state index in [1.54, 1.807) is 18.6 Å². The summed E-state index contributed by atoms with van der Waals surface area (Å²) in [6, 6.07) is 5.76. The van der Waals surface area contributed by atoms with Gasteiger partial charge in [0.15, 0.2) is 0 Å². The van der Waals surface area contributed by atoms with Gasteiger partial charge in [-0.1, -0.05) is 6.07 Å². The van der Waals surface area contributed by atoms with Crippen LogP contribution in [0.1, 0.15) is 6.92 Å². The summed E-state index contributed by atoms with van der Waals surface area (Å²) >= 11 is 0. The molecular formula is C17H13F3N6. The van der Waals surface area contributed by atoms with E-state index in [0.29, 0.717) is 5.52 Å². The smallest absolute Gasteiger partial charge is 0.341 e. The third-order valence-corrected chi connectivity index (χ3v) is 4.03. The summed E-state index contributed by atoms with van der Waals surface area (Å²) in [4.78, 5) is 12.5. The van der Waals surface area contributed by atoms with Crippen molar-refractivity contribution < 1.29 is 13.2 Å². The number of hydrogen-bond donors (Lipinski definition) is 1. The van der Waals surface area contributed by atoms with Crippen molar-refractivity contribution in [2.24, 2.45) is 0 Å². The highest BCUT2D eigenvalue weighted by atomic mass is 19.4. The topological polar surface area (TPSA) is 68.0 Å². The number of hydrogen-bond acceptors (Lipinski definition) is 5. The summed E-state index contributed by atoms with van der Waals surface area (Å²) in [6.07, 6.45) is 2.05. The molecule has 6 nitrogen and oxygen atoms in total. The van der Waals surface area contributed by atoms with Crippen LogP contribution in [-0.2, 0) is 0 Å². The Morgan fingerprint density at radius 3 is 2.58 bits per heavy atom. The fraction of sp³-hybridized carbons (Fsp3) is 0.176. The van der Waals surface area contributed by atoms with Crippen LogP contribution in [0.5, 0.6) is 0 Å². The molecule has 3 aromatic heterocycles. The van der Waals surface area contributed by atoms with Crippen molar-refractivity contribution in [1.82, 2.24) is 24.6 Å². The van der Waals surface area contributed by atoms with Gasteiger partial charge in [0.05, 0.1) is 22.7 Å². The van der Waals surface area contributed by atoms with Crippen molar-refractivity contribution in [2.75, 3.05) is 5.32 Å². The number of fused-ring (bicyclic) bond motifs is 2. The molecule has 4 rings (SSSR count). The zero-order valence-electron chi connectivity index (χ0n) is 13.6. The largest absolute Gasteiger partial charge is 0.408 e. The van der Waals surface area contributed by atoms with Crippen LogP contribution < -0.4 is 5.32 Å². The molecule has 0 saturated heterocycles. The Bertz CT molecular complexity index is 1090. The molecule has 0 unspecified atom stereocenters. The van der Waals surface area contributed by atoms with Crippen LogP contribution in [-0.4, -0.2) is 36.8 Å². The Hall–Kier alpha value is -3.23. The molecule has 0 saturated carbocycles. The van der Waals surface area contributed by atoms with Gasteiger partial charge in [-0.3, -0.25) is 9.97 Å². The first kappa shape index (κ1) is 16.2. The van der Waals surface area contributed by atoms with Crippen molar-refractivity contribution in [3.8, 4) is 11.1 Å². The quantitative estimate of drug-likeness (QED) is 0.605. The molecule has 4 aromatic rings. The molecule has 26 heavy (non-hydrogen) atoms. The normalized spacial score (nSPS) is 13.2. The molecule has 3 heterocycles. The third-order valence-electron chi connectivity index (χ3n) is 4.03. The van der Waals surface area contributed by atoms with Gasteiger partial charge in [-0.05, 0) is 30.7 Å². The van der Waals surface area contributed by atoms with E-state index >= 15 is 0 Å². The van der Waals surface area contributed by atoms with E-state index in [9.17, 15) is 13.2 Å². The summed E-state index contributed by atoms with van der Waals surface area (Å²) in [5, 5.41) is 6.36. The lowest BCUT2D eigenvalue weighted by molar-refractivity contribution is -0.138. The Labute approximate surface area is 145 Å². The van der Waals surface area contributed by atoms with E-state index in [1.807, 2.05) is 24.3 Å². The maximum absolute atomic E-state index is 12.7. The van der Waals surface area contributed by atoms with Gasteiger partial charge in [-0.2, -0.15) is 13.2 Å². The van der Waals surface area contributed by atoms with Gasteiger partial charge < -0.3 is 5.32 Å². The van der Waals surface area contributed by atoms with Crippen molar-refractivity contribution in [3.63, 3.8) is 0 Å². The van der Waals surface area contributed by atoms with Crippen molar-refractivity contribution in [1.29, 1.82) is 0 Å². The highest BCUT2D eigenvalue weighted by Crippen LogP contribution is 2.28. The highest BCUT2D eigenvalue weighted by molar-refractivity contribution is 5.86. The lowest BCUT2D eigenvalue weighted by Crippen LogP contribution is -2.33. The molecule has 1 aromatic carbocycles. The first-order valence-corrected chi connectivity index (χ1v) is 7.80. The van der Waals surface area contributed by atoms with Crippen LogP contribution in [0, 0.1) is 0 Å². The van der Waals surface area contributed by atoms with Gasteiger partial charge in [0.25, 0.3) is 0 Å². The second kappa shape index (κ2) is 5.94. The minimum Gasteiger partial charge on any atom is -0.341 e. The molecule has 0 aliphatic rings. The number of halogens is 3. The number of alkyl halides is 3. The molecular weight excluding hydrogens is 345 g/mol. The number of nitrogens with one attached hydrogen (secondary N) is 1. The van der Waals surface area contributed by atoms with Crippen molar-refractivity contribution in [2.45, 2.75) is 19.1 Å². The second-order valence-corrected chi connectivity index (χ2v) is 5.81. The van der Waals surface area contributed by atoms with Gasteiger partial charge in [-0.25, -0.2) is 9.50 Å². The fourth-order valence-corrected chi connectivity index (χ4v) is 2.62. The zero-order chi connectivity index (χ0) is 18.3. The van der Waals surface area contributed by atoms with Crippen LogP contribution in [0.4, 0.5) is 19.1 Å². The molecule has 9 heteroatoms. The molecule has 0 radical (unpaired) electrons. The Morgan fingerprint density at radius 2 is 1.81 bits per heavy atom. The van der Waals surface area contributed by atoms with Crippen molar-refractivity contribution in [3.05, 3.63) is 49.1 Å². The van der Waals surface area contributed by atoms with E-state index in [-0.39, 0.29) is 5.95 Å². The molecule has 0 amide bonds. The molecule has 1 atom stereocenters.